The third-order valence-electron chi connectivity index (χ3n) is 2.10. The lowest BCUT2D eigenvalue weighted by Gasteiger charge is -2.04. The smallest absolute Gasteiger partial charge is 0.247 e. The molecular weight excluding hydrogens is 226 g/mol. The quantitative estimate of drug-likeness (QED) is 0.529. The summed E-state index contributed by atoms with van der Waals surface area (Å²) in [5, 5.41) is 2.73. The van der Waals surface area contributed by atoms with Crippen molar-refractivity contribution in [3.8, 4) is 0 Å². The standard InChI is InChI=1S/C15H21NO2/c1-4-8-13(9-5-2)15(18)16-12-7-11-14(17)10-6-3/h4,6-7,9-11H,1,5,8,12H2,2-3H3,(H,16,18)/b10-6+,11-7+,13-9-. The lowest BCUT2D eigenvalue weighted by molar-refractivity contribution is -0.117. The van der Waals surface area contributed by atoms with E-state index in [-0.39, 0.29) is 11.7 Å². The van der Waals surface area contributed by atoms with Crippen LogP contribution in [0.2, 0.25) is 0 Å². The normalized spacial score (nSPS) is 12.0. The fourth-order valence-electron chi connectivity index (χ4n) is 1.33. The topological polar surface area (TPSA) is 46.2 Å². The average molecular weight is 247 g/mol. The summed E-state index contributed by atoms with van der Waals surface area (Å²) in [5.41, 5.74) is 0.709. The first-order valence-corrected chi connectivity index (χ1v) is 6.07. The molecular formula is C15H21NO2. The summed E-state index contributed by atoms with van der Waals surface area (Å²) in [5.74, 6) is -0.193. The van der Waals surface area contributed by atoms with Gasteiger partial charge in [-0.25, -0.2) is 0 Å². The van der Waals surface area contributed by atoms with Gasteiger partial charge in [-0.3, -0.25) is 9.59 Å². The molecule has 0 aliphatic rings. The maximum atomic E-state index is 11.7. The minimum absolute atomic E-state index is 0.0813. The van der Waals surface area contributed by atoms with E-state index < -0.39 is 0 Å². The third kappa shape index (κ3) is 7.39. The van der Waals surface area contributed by atoms with Crippen LogP contribution in [0, 0.1) is 0 Å². The molecule has 0 rings (SSSR count). The Morgan fingerprint density at radius 3 is 2.56 bits per heavy atom. The number of rotatable bonds is 8. The van der Waals surface area contributed by atoms with Gasteiger partial charge in [0.05, 0.1) is 0 Å². The van der Waals surface area contributed by atoms with Crippen molar-refractivity contribution < 1.29 is 9.59 Å². The van der Waals surface area contributed by atoms with Crippen molar-refractivity contribution in [1.82, 2.24) is 5.32 Å². The van der Waals surface area contributed by atoms with E-state index in [1.165, 1.54) is 12.2 Å². The molecule has 0 radical (unpaired) electrons. The van der Waals surface area contributed by atoms with E-state index in [0.29, 0.717) is 18.5 Å². The van der Waals surface area contributed by atoms with Crippen LogP contribution in [0.3, 0.4) is 0 Å². The molecule has 0 aromatic carbocycles. The van der Waals surface area contributed by atoms with Gasteiger partial charge in [0.15, 0.2) is 5.78 Å². The van der Waals surface area contributed by atoms with Crippen molar-refractivity contribution in [2.75, 3.05) is 6.54 Å². The maximum Gasteiger partial charge on any atom is 0.247 e. The first kappa shape index (κ1) is 16.1. The van der Waals surface area contributed by atoms with Gasteiger partial charge < -0.3 is 5.32 Å². The molecule has 0 aromatic rings. The van der Waals surface area contributed by atoms with Crippen LogP contribution in [0.25, 0.3) is 0 Å². The maximum absolute atomic E-state index is 11.7. The summed E-state index contributed by atoms with van der Waals surface area (Å²) in [6.45, 7) is 7.73. The summed E-state index contributed by atoms with van der Waals surface area (Å²) in [4.78, 5) is 22.8. The summed E-state index contributed by atoms with van der Waals surface area (Å²) in [6.07, 6.45) is 11.2. The average Bonchev–Trinajstić information content (AvgIpc) is 2.34. The molecule has 3 heteroatoms. The van der Waals surface area contributed by atoms with Gasteiger partial charge in [-0.05, 0) is 31.9 Å². The van der Waals surface area contributed by atoms with Crippen LogP contribution in [0.1, 0.15) is 26.7 Å². The van der Waals surface area contributed by atoms with Crippen molar-refractivity contribution >= 4 is 11.7 Å². The molecule has 0 unspecified atom stereocenters. The molecule has 0 aromatic heterocycles. The van der Waals surface area contributed by atoms with Crippen LogP contribution in [0.5, 0.6) is 0 Å². The largest absolute Gasteiger partial charge is 0.349 e. The predicted octanol–water partition coefficient (Wildman–Crippen LogP) is 2.72. The number of ketones is 1. The van der Waals surface area contributed by atoms with Crippen molar-refractivity contribution in [3.63, 3.8) is 0 Å². The first-order valence-electron chi connectivity index (χ1n) is 6.07. The zero-order chi connectivity index (χ0) is 13.8. The van der Waals surface area contributed by atoms with Gasteiger partial charge in [-0.2, -0.15) is 0 Å². The zero-order valence-electron chi connectivity index (χ0n) is 11.1. The van der Waals surface area contributed by atoms with E-state index in [2.05, 4.69) is 11.9 Å². The van der Waals surface area contributed by atoms with E-state index in [4.69, 9.17) is 0 Å². The summed E-state index contributed by atoms with van der Waals surface area (Å²) in [6, 6.07) is 0. The Morgan fingerprint density at radius 2 is 2.00 bits per heavy atom. The van der Waals surface area contributed by atoms with Crippen LogP contribution in [0.15, 0.2) is 48.6 Å². The molecule has 0 bridgehead atoms. The highest BCUT2D eigenvalue weighted by molar-refractivity contribution is 5.99. The van der Waals surface area contributed by atoms with Crippen LogP contribution in [0.4, 0.5) is 0 Å². The summed E-state index contributed by atoms with van der Waals surface area (Å²) in [7, 11) is 0. The minimum Gasteiger partial charge on any atom is -0.349 e. The Balaban J connectivity index is 4.20. The van der Waals surface area contributed by atoms with Crippen LogP contribution >= 0.6 is 0 Å². The predicted molar refractivity (Wildman–Crippen MR) is 75.2 cm³/mol. The van der Waals surface area contributed by atoms with E-state index >= 15 is 0 Å². The zero-order valence-corrected chi connectivity index (χ0v) is 11.1. The molecule has 0 aliphatic carbocycles. The van der Waals surface area contributed by atoms with Crippen LogP contribution in [-0.2, 0) is 9.59 Å². The number of nitrogens with one attached hydrogen (secondary N) is 1. The number of carbonyl (C=O) groups is 2. The monoisotopic (exact) mass is 247 g/mol. The molecule has 98 valence electrons. The molecule has 3 nitrogen and oxygen atoms in total. The molecule has 0 fully saturated rings. The Hall–Kier alpha value is -1.90. The number of carbonyl (C=O) groups excluding carboxylic acids is 2. The van der Waals surface area contributed by atoms with Gasteiger partial charge in [-0.15, -0.1) is 6.58 Å². The Morgan fingerprint density at radius 1 is 1.28 bits per heavy atom. The number of amides is 1. The van der Waals surface area contributed by atoms with Crippen LogP contribution < -0.4 is 5.32 Å². The molecule has 0 heterocycles. The van der Waals surface area contributed by atoms with E-state index in [1.807, 2.05) is 13.0 Å². The molecule has 18 heavy (non-hydrogen) atoms. The molecule has 0 spiro atoms. The van der Waals surface area contributed by atoms with Crippen molar-refractivity contribution in [1.29, 1.82) is 0 Å². The molecule has 0 saturated heterocycles. The Bertz CT molecular complexity index is 376. The molecule has 0 saturated carbocycles. The Labute approximate surface area is 109 Å². The second kappa shape index (κ2) is 10.3. The van der Waals surface area contributed by atoms with Gasteiger partial charge in [0.2, 0.25) is 5.91 Å². The molecule has 1 N–H and O–H groups in total. The lowest BCUT2D eigenvalue weighted by atomic mass is 10.1. The summed E-state index contributed by atoms with van der Waals surface area (Å²) < 4.78 is 0. The van der Waals surface area contributed by atoms with E-state index in [0.717, 1.165) is 6.42 Å². The minimum atomic E-state index is -0.111. The second-order valence-corrected chi connectivity index (χ2v) is 3.65. The van der Waals surface area contributed by atoms with Crippen LogP contribution in [-0.4, -0.2) is 18.2 Å². The second-order valence-electron chi connectivity index (χ2n) is 3.65. The molecule has 1 amide bonds. The highest BCUT2D eigenvalue weighted by Gasteiger charge is 2.05. The fourth-order valence-corrected chi connectivity index (χ4v) is 1.33. The van der Waals surface area contributed by atoms with Gasteiger partial charge >= 0.3 is 0 Å². The van der Waals surface area contributed by atoms with Crippen molar-refractivity contribution in [2.24, 2.45) is 0 Å². The number of hydrogen-bond donors (Lipinski definition) is 1. The highest BCUT2D eigenvalue weighted by atomic mass is 16.1. The van der Waals surface area contributed by atoms with Gasteiger partial charge in [0, 0.05) is 12.1 Å². The van der Waals surface area contributed by atoms with E-state index in [1.54, 1.807) is 25.2 Å². The molecule has 0 aliphatic heterocycles. The summed E-state index contributed by atoms with van der Waals surface area (Å²) >= 11 is 0. The SMILES string of the molecule is C=CC/C(=C/CC)C(=O)NC/C=C/C(=O)/C=C/C. The van der Waals surface area contributed by atoms with E-state index in [9.17, 15) is 9.59 Å². The number of allylic oxidation sites excluding steroid dienone is 5. The van der Waals surface area contributed by atoms with Crippen molar-refractivity contribution in [3.05, 3.63) is 48.6 Å². The number of hydrogen-bond acceptors (Lipinski definition) is 2. The first-order chi connectivity index (χ1) is 8.65. The fraction of sp³-hybridized carbons (Fsp3) is 0.333. The van der Waals surface area contributed by atoms with Gasteiger partial charge in [0.1, 0.15) is 0 Å². The lowest BCUT2D eigenvalue weighted by Crippen LogP contribution is -2.25. The third-order valence-corrected chi connectivity index (χ3v) is 2.10. The molecule has 0 atom stereocenters. The Kier molecular flexibility index (Phi) is 9.18. The van der Waals surface area contributed by atoms with Gasteiger partial charge in [-0.1, -0.05) is 31.2 Å². The van der Waals surface area contributed by atoms with Crippen molar-refractivity contribution in [2.45, 2.75) is 26.7 Å². The van der Waals surface area contributed by atoms with Gasteiger partial charge in [0.25, 0.3) is 0 Å². The highest BCUT2D eigenvalue weighted by Crippen LogP contribution is 2.03.